The highest BCUT2D eigenvalue weighted by molar-refractivity contribution is 5.04. The smallest absolute Gasteiger partial charge is 0.229 e. The zero-order valence-electron chi connectivity index (χ0n) is 9.49. The van der Waals surface area contributed by atoms with Gasteiger partial charge in [0.2, 0.25) is 5.89 Å². The average Bonchev–Trinajstić information content (AvgIpc) is 2.88. The van der Waals surface area contributed by atoms with Crippen LogP contribution in [0, 0.1) is 0 Å². The van der Waals surface area contributed by atoms with Gasteiger partial charge in [-0.1, -0.05) is 24.9 Å². The molecule has 1 aromatic heterocycles. The lowest BCUT2D eigenvalue weighted by Crippen LogP contribution is -2.33. The second-order valence-electron chi connectivity index (χ2n) is 4.71. The molecule has 0 saturated heterocycles. The molecule has 1 heterocycles. The van der Waals surface area contributed by atoms with E-state index in [9.17, 15) is 0 Å². The van der Waals surface area contributed by atoms with Gasteiger partial charge in [-0.25, -0.2) is 0 Å². The summed E-state index contributed by atoms with van der Waals surface area (Å²) in [6.45, 7) is 3.97. The van der Waals surface area contributed by atoms with E-state index in [1.807, 2.05) is 13.8 Å². The highest BCUT2D eigenvalue weighted by atomic mass is 16.5. The Balaban J connectivity index is 2.16. The van der Waals surface area contributed by atoms with Crippen molar-refractivity contribution in [3.63, 3.8) is 0 Å². The van der Waals surface area contributed by atoms with Crippen LogP contribution in [-0.2, 0) is 5.54 Å². The summed E-state index contributed by atoms with van der Waals surface area (Å²) in [6.07, 6.45) is 5.72. The monoisotopic (exact) mass is 209 g/mol. The summed E-state index contributed by atoms with van der Waals surface area (Å²) in [5, 5.41) is 3.99. The number of nitrogens with zero attached hydrogens (tertiary/aromatic N) is 2. The maximum absolute atomic E-state index is 6.06. The van der Waals surface area contributed by atoms with Crippen molar-refractivity contribution in [1.29, 1.82) is 0 Å². The maximum Gasteiger partial charge on any atom is 0.229 e. The minimum absolute atomic E-state index is 0.458. The van der Waals surface area contributed by atoms with Gasteiger partial charge in [0.1, 0.15) is 0 Å². The van der Waals surface area contributed by atoms with Gasteiger partial charge < -0.3 is 10.3 Å². The number of hydrogen-bond donors (Lipinski definition) is 1. The summed E-state index contributed by atoms with van der Waals surface area (Å²) in [4.78, 5) is 4.43. The van der Waals surface area contributed by atoms with Gasteiger partial charge in [-0.2, -0.15) is 4.98 Å². The summed E-state index contributed by atoms with van der Waals surface area (Å²) in [5.74, 6) is 1.90. The van der Waals surface area contributed by atoms with Gasteiger partial charge in [0.25, 0.3) is 0 Å². The SMILES string of the molecule is CCC(C)(N)c1noc(C2CCCC2)n1. The molecule has 1 atom stereocenters. The molecule has 1 saturated carbocycles. The summed E-state index contributed by atoms with van der Waals surface area (Å²) < 4.78 is 5.30. The van der Waals surface area contributed by atoms with Crippen molar-refractivity contribution >= 4 is 0 Å². The zero-order valence-corrected chi connectivity index (χ0v) is 9.49. The van der Waals surface area contributed by atoms with Crippen LogP contribution < -0.4 is 5.73 Å². The summed E-state index contributed by atoms with van der Waals surface area (Å²) in [7, 11) is 0. The Morgan fingerprint density at radius 2 is 2.13 bits per heavy atom. The summed E-state index contributed by atoms with van der Waals surface area (Å²) >= 11 is 0. The molecule has 0 amide bonds. The maximum atomic E-state index is 6.06. The van der Waals surface area contributed by atoms with Crippen LogP contribution in [0.15, 0.2) is 4.52 Å². The first-order valence-corrected chi connectivity index (χ1v) is 5.76. The number of hydrogen-bond acceptors (Lipinski definition) is 4. The normalized spacial score (nSPS) is 21.8. The number of nitrogens with two attached hydrogens (primary N) is 1. The fourth-order valence-electron chi connectivity index (χ4n) is 1.96. The first-order valence-electron chi connectivity index (χ1n) is 5.76. The third-order valence-corrected chi connectivity index (χ3v) is 3.39. The highest BCUT2D eigenvalue weighted by Gasteiger charge is 2.28. The lowest BCUT2D eigenvalue weighted by molar-refractivity contribution is 0.336. The Labute approximate surface area is 90.2 Å². The molecule has 0 aliphatic heterocycles. The van der Waals surface area contributed by atoms with Crippen molar-refractivity contribution < 1.29 is 4.52 Å². The van der Waals surface area contributed by atoms with Crippen LogP contribution in [0.3, 0.4) is 0 Å². The predicted molar refractivity (Wildman–Crippen MR) is 57.3 cm³/mol. The molecule has 84 valence electrons. The van der Waals surface area contributed by atoms with E-state index in [2.05, 4.69) is 10.1 Å². The van der Waals surface area contributed by atoms with E-state index in [0.717, 1.165) is 12.3 Å². The van der Waals surface area contributed by atoms with Crippen molar-refractivity contribution in [3.05, 3.63) is 11.7 Å². The van der Waals surface area contributed by atoms with Crippen LogP contribution in [0.4, 0.5) is 0 Å². The lowest BCUT2D eigenvalue weighted by atomic mass is 10.00. The van der Waals surface area contributed by atoms with E-state index in [1.54, 1.807) is 0 Å². The molecule has 0 bridgehead atoms. The third kappa shape index (κ3) is 2.04. The quantitative estimate of drug-likeness (QED) is 0.829. The first-order chi connectivity index (χ1) is 7.13. The second kappa shape index (κ2) is 3.93. The Kier molecular flexibility index (Phi) is 2.78. The van der Waals surface area contributed by atoms with Crippen molar-refractivity contribution in [2.24, 2.45) is 5.73 Å². The number of rotatable bonds is 3. The third-order valence-electron chi connectivity index (χ3n) is 3.39. The summed E-state index contributed by atoms with van der Waals surface area (Å²) in [5.41, 5.74) is 5.61. The van der Waals surface area contributed by atoms with E-state index in [1.165, 1.54) is 25.7 Å². The van der Waals surface area contributed by atoms with Crippen molar-refractivity contribution in [3.8, 4) is 0 Å². The molecule has 4 heteroatoms. The van der Waals surface area contributed by atoms with Gasteiger partial charge in [-0.3, -0.25) is 0 Å². The first kappa shape index (κ1) is 10.6. The van der Waals surface area contributed by atoms with Crippen LogP contribution in [0.2, 0.25) is 0 Å². The Morgan fingerprint density at radius 3 is 2.73 bits per heavy atom. The van der Waals surface area contributed by atoms with Gasteiger partial charge in [-0.15, -0.1) is 0 Å². The van der Waals surface area contributed by atoms with E-state index < -0.39 is 5.54 Å². The van der Waals surface area contributed by atoms with Crippen LogP contribution in [0.25, 0.3) is 0 Å². The fraction of sp³-hybridized carbons (Fsp3) is 0.818. The van der Waals surface area contributed by atoms with Crippen molar-refractivity contribution in [2.75, 3.05) is 0 Å². The largest absolute Gasteiger partial charge is 0.339 e. The molecule has 2 N–H and O–H groups in total. The molecule has 4 nitrogen and oxygen atoms in total. The average molecular weight is 209 g/mol. The molecule has 1 unspecified atom stereocenters. The van der Waals surface area contributed by atoms with Gasteiger partial charge in [0.15, 0.2) is 5.82 Å². The van der Waals surface area contributed by atoms with E-state index in [0.29, 0.717) is 11.7 Å². The topological polar surface area (TPSA) is 64.9 Å². The molecule has 1 aromatic rings. The zero-order chi connectivity index (χ0) is 10.9. The second-order valence-corrected chi connectivity index (χ2v) is 4.71. The summed E-state index contributed by atoms with van der Waals surface area (Å²) in [6, 6.07) is 0. The minimum Gasteiger partial charge on any atom is -0.339 e. The van der Waals surface area contributed by atoms with Crippen LogP contribution in [0.1, 0.15) is 63.6 Å². The van der Waals surface area contributed by atoms with Crippen LogP contribution in [-0.4, -0.2) is 10.1 Å². The standard InChI is InChI=1S/C11H19N3O/c1-3-11(2,12)10-13-9(15-14-10)8-6-4-5-7-8/h8H,3-7,12H2,1-2H3. The molecule has 1 aliphatic carbocycles. The van der Waals surface area contributed by atoms with Gasteiger partial charge >= 0.3 is 0 Å². The molecule has 15 heavy (non-hydrogen) atoms. The molecule has 0 radical (unpaired) electrons. The van der Waals surface area contributed by atoms with E-state index in [4.69, 9.17) is 10.3 Å². The highest BCUT2D eigenvalue weighted by Crippen LogP contribution is 2.33. The van der Waals surface area contributed by atoms with Crippen molar-refractivity contribution in [2.45, 2.75) is 57.4 Å². The molecule has 1 fully saturated rings. The molecule has 0 aromatic carbocycles. The van der Waals surface area contributed by atoms with Crippen molar-refractivity contribution in [1.82, 2.24) is 10.1 Å². The molecular weight excluding hydrogens is 190 g/mol. The van der Waals surface area contributed by atoms with Gasteiger partial charge in [-0.05, 0) is 26.2 Å². The predicted octanol–water partition coefficient (Wildman–Crippen LogP) is 2.31. The van der Waals surface area contributed by atoms with Gasteiger partial charge in [0, 0.05) is 5.92 Å². The van der Waals surface area contributed by atoms with Crippen LogP contribution in [0.5, 0.6) is 0 Å². The Hall–Kier alpha value is -0.900. The minimum atomic E-state index is -0.458. The number of aromatic nitrogens is 2. The lowest BCUT2D eigenvalue weighted by Gasteiger charge is -2.16. The van der Waals surface area contributed by atoms with E-state index in [-0.39, 0.29) is 0 Å². The van der Waals surface area contributed by atoms with Crippen LogP contribution >= 0.6 is 0 Å². The van der Waals surface area contributed by atoms with Gasteiger partial charge in [0.05, 0.1) is 5.54 Å². The van der Waals surface area contributed by atoms with E-state index >= 15 is 0 Å². The molecule has 1 aliphatic rings. The molecule has 2 rings (SSSR count). The fourth-order valence-corrected chi connectivity index (χ4v) is 1.96. The molecule has 0 spiro atoms. The molecular formula is C11H19N3O. The Morgan fingerprint density at radius 1 is 1.47 bits per heavy atom. The Bertz CT molecular complexity index is 326.